The lowest BCUT2D eigenvalue weighted by atomic mass is 10.1. The third kappa shape index (κ3) is 5.71. The van der Waals surface area contributed by atoms with Gasteiger partial charge >= 0.3 is 12.1 Å². The Morgan fingerprint density at radius 3 is 2.09 bits per heavy atom. The predicted molar refractivity (Wildman–Crippen MR) is 84.0 cm³/mol. The minimum Gasteiger partial charge on any atom is -0.456 e. The number of carbonyl (C=O) groups excluding carboxylic acids is 2. The van der Waals surface area contributed by atoms with Crippen molar-refractivity contribution in [1.82, 2.24) is 4.98 Å². The largest absolute Gasteiger partial charge is 0.456 e. The Morgan fingerprint density at radius 2 is 1.59 bits per heavy atom. The third-order valence-corrected chi connectivity index (χ3v) is 2.38. The van der Waals surface area contributed by atoms with E-state index in [0.717, 1.165) is 0 Å². The Kier molecular flexibility index (Phi) is 5.17. The zero-order chi connectivity index (χ0) is 17.1. The summed E-state index contributed by atoms with van der Waals surface area (Å²) in [6, 6.07) is 1.54. The number of carbonyl (C=O) groups is 2. The molecule has 1 heterocycles. The molecule has 1 amide bonds. The highest BCUT2D eigenvalue weighted by Gasteiger charge is 2.24. The molecule has 0 saturated carbocycles. The van der Waals surface area contributed by atoms with E-state index in [9.17, 15) is 9.59 Å². The van der Waals surface area contributed by atoms with Crippen molar-refractivity contribution in [2.24, 2.45) is 0 Å². The van der Waals surface area contributed by atoms with Gasteiger partial charge in [0.15, 0.2) is 0 Å². The average Bonchev–Trinajstić information content (AvgIpc) is 2.22. The number of anilines is 1. The van der Waals surface area contributed by atoms with Gasteiger partial charge in [0.25, 0.3) is 0 Å². The molecule has 0 saturated heterocycles. The Balaban J connectivity index is 3.04. The van der Waals surface area contributed by atoms with Gasteiger partial charge in [-0.15, -0.1) is 0 Å². The van der Waals surface area contributed by atoms with Crippen molar-refractivity contribution >= 4 is 17.7 Å². The highest BCUT2D eigenvalue weighted by molar-refractivity contribution is 6.00. The number of nitrogens with zero attached hydrogens (tertiary/aromatic N) is 1. The fourth-order valence-electron chi connectivity index (χ4n) is 1.67. The summed E-state index contributed by atoms with van der Waals surface area (Å²) in [5.74, 6) is -0.538. The van der Waals surface area contributed by atoms with Gasteiger partial charge in [0.1, 0.15) is 16.8 Å². The molecule has 0 radical (unpaired) electrons. The molecule has 22 heavy (non-hydrogen) atoms. The number of esters is 1. The molecule has 0 bridgehead atoms. The molecule has 0 aliphatic rings. The van der Waals surface area contributed by atoms with E-state index >= 15 is 0 Å². The number of ether oxygens (including phenoxy) is 2. The maximum atomic E-state index is 12.3. The first-order valence-electron chi connectivity index (χ1n) is 7.08. The smallest absolute Gasteiger partial charge is 0.412 e. The van der Waals surface area contributed by atoms with Gasteiger partial charge in [-0.1, -0.05) is 0 Å². The van der Waals surface area contributed by atoms with Gasteiger partial charge in [0.2, 0.25) is 0 Å². The second-order valence-electron chi connectivity index (χ2n) is 6.95. The maximum absolute atomic E-state index is 12.3. The molecule has 1 N–H and O–H groups in total. The van der Waals surface area contributed by atoms with Crippen molar-refractivity contribution in [2.75, 3.05) is 5.32 Å². The maximum Gasteiger partial charge on any atom is 0.412 e. The Hall–Kier alpha value is -2.11. The van der Waals surface area contributed by atoms with E-state index < -0.39 is 23.3 Å². The van der Waals surface area contributed by atoms with Crippen LogP contribution in [0.1, 0.15) is 57.6 Å². The van der Waals surface area contributed by atoms with Gasteiger partial charge in [-0.25, -0.2) is 9.59 Å². The third-order valence-electron chi connectivity index (χ3n) is 2.38. The minimum absolute atomic E-state index is 0.225. The van der Waals surface area contributed by atoms with E-state index in [1.165, 1.54) is 12.3 Å². The fourth-order valence-corrected chi connectivity index (χ4v) is 1.67. The van der Waals surface area contributed by atoms with Crippen LogP contribution in [0.3, 0.4) is 0 Å². The average molecular weight is 308 g/mol. The lowest BCUT2D eigenvalue weighted by Gasteiger charge is -2.22. The van der Waals surface area contributed by atoms with Crippen LogP contribution in [-0.2, 0) is 9.47 Å². The quantitative estimate of drug-likeness (QED) is 0.843. The first-order valence-corrected chi connectivity index (χ1v) is 7.08. The highest BCUT2D eigenvalue weighted by atomic mass is 16.6. The monoisotopic (exact) mass is 308 g/mol. The van der Waals surface area contributed by atoms with Crippen LogP contribution in [0.5, 0.6) is 0 Å². The minimum atomic E-state index is -0.636. The van der Waals surface area contributed by atoms with Crippen molar-refractivity contribution < 1.29 is 19.1 Å². The molecule has 6 heteroatoms. The van der Waals surface area contributed by atoms with E-state index in [1.54, 1.807) is 48.5 Å². The van der Waals surface area contributed by atoms with Gasteiger partial charge in [0, 0.05) is 6.20 Å². The Labute approximate surface area is 131 Å². The molecule has 1 rings (SSSR count). The summed E-state index contributed by atoms with van der Waals surface area (Å²) in [5.41, 5.74) is -0.247. The summed E-state index contributed by atoms with van der Waals surface area (Å²) < 4.78 is 10.6. The molecule has 0 spiro atoms. The van der Waals surface area contributed by atoms with Gasteiger partial charge in [-0.05, 0) is 54.5 Å². The molecular formula is C16H24N2O4. The van der Waals surface area contributed by atoms with Gasteiger partial charge in [-0.2, -0.15) is 0 Å². The van der Waals surface area contributed by atoms with E-state index in [-0.39, 0.29) is 5.56 Å². The molecule has 0 unspecified atom stereocenters. The Morgan fingerprint density at radius 1 is 1.05 bits per heavy atom. The normalized spacial score (nSPS) is 11.8. The first kappa shape index (κ1) is 17.9. The number of hydrogen-bond donors (Lipinski definition) is 1. The van der Waals surface area contributed by atoms with Crippen LogP contribution < -0.4 is 5.32 Å². The predicted octanol–water partition coefficient (Wildman–Crippen LogP) is 3.69. The number of aromatic nitrogens is 1. The van der Waals surface area contributed by atoms with Crippen LogP contribution in [0.4, 0.5) is 10.5 Å². The Bertz CT molecular complexity index is 568. The molecule has 122 valence electrons. The highest BCUT2D eigenvalue weighted by Crippen LogP contribution is 2.22. The van der Waals surface area contributed by atoms with Crippen LogP contribution in [0, 0.1) is 6.92 Å². The molecule has 1 aromatic heterocycles. The topological polar surface area (TPSA) is 77.5 Å². The summed E-state index contributed by atoms with van der Waals surface area (Å²) in [6.45, 7) is 12.3. The number of amides is 1. The van der Waals surface area contributed by atoms with Gasteiger partial charge in [0.05, 0.1) is 11.4 Å². The van der Waals surface area contributed by atoms with Crippen molar-refractivity contribution in [1.29, 1.82) is 0 Å². The molecule has 0 fully saturated rings. The van der Waals surface area contributed by atoms with Crippen LogP contribution in [0.25, 0.3) is 0 Å². The van der Waals surface area contributed by atoms with E-state index in [2.05, 4.69) is 10.3 Å². The summed E-state index contributed by atoms with van der Waals surface area (Å²) in [4.78, 5) is 28.3. The van der Waals surface area contributed by atoms with Crippen molar-refractivity contribution in [3.05, 3.63) is 23.5 Å². The lowest BCUT2D eigenvalue weighted by molar-refractivity contribution is 0.00695. The van der Waals surface area contributed by atoms with Gasteiger partial charge in [-0.3, -0.25) is 10.3 Å². The second-order valence-corrected chi connectivity index (χ2v) is 6.95. The molecule has 0 aromatic carbocycles. The number of pyridine rings is 1. The lowest BCUT2D eigenvalue weighted by Crippen LogP contribution is -2.29. The standard InChI is InChI=1S/C16H24N2O4/c1-10-12(13(19)21-15(2,3)4)11(8-9-17-10)18-14(20)22-16(5,6)7/h8-9H,1-7H3,(H,17,18,20). The number of nitrogens with one attached hydrogen (secondary N) is 1. The van der Waals surface area contributed by atoms with Crippen LogP contribution in [0.2, 0.25) is 0 Å². The molecular weight excluding hydrogens is 284 g/mol. The SMILES string of the molecule is Cc1nccc(NC(=O)OC(C)(C)C)c1C(=O)OC(C)(C)C. The van der Waals surface area contributed by atoms with Crippen molar-refractivity contribution in [2.45, 2.75) is 59.7 Å². The second kappa shape index (κ2) is 6.34. The molecule has 1 aromatic rings. The number of aryl methyl sites for hydroxylation is 1. The first-order chi connectivity index (χ1) is 9.89. The van der Waals surface area contributed by atoms with E-state index in [4.69, 9.17) is 9.47 Å². The van der Waals surface area contributed by atoms with E-state index in [0.29, 0.717) is 11.4 Å². The molecule has 0 aliphatic carbocycles. The summed E-state index contributed by atoms with van der Waals surface area (Å²) >= 11 is 0. The summed E-state index contributed by atoms with van der Waals surface area (Å²) in [7, 11) is 0. The summed E-state index contributed by atoms with van der Waals surface area (Å²) in [5, 5.41) is 2.57. The van der Waals surface area contributed by atoms with Crippen LogP contribution in [0.15, 0.2) is 12.3 Å². The van der Waals surface area contributed by atoms with Crippen molar-refractivity contribution in [3.8, 4) is 0 Å². The van der Waals surface area contributed by atoms with Crippen molar-refractivity contribution in [3.63, 3.8) is 0 Å². The summed E-state index contributed by atoms with van der Waals surface area (Å²) in [6.07, 6.45) is 0.874. The number of rotatable bonds is 2. The van der Waals surface area contributed by atoms with E-state index in [1.807, 2.05) is 0 Å². The van der Waals surface area contributed by atoms with Crippen LogP contribution in [-0.4, -0.2) is 28.2 Å². The fraction of sp³-hybridized carbons (Fsp3) is 0.562. The number of hydrogen-bond acceptors (Lipinski definition) is 5. The zero-order valence-corrected chi connectivity index (χ0v) is 14.2. The molecule has 0 aliphatic heterocycles. The molecule has 0 atom stereocenters. The molecule has 6 nitrogen and oxygen atoms in total. The van der Waals surface area contributed by atoms with Gasteiger partial charge < -0.3 is 9.47 Å². The van der Waals surface area contributed by atoms with Crippen LogP contribution >= 0.6 is 0 Å². The zero-order valence-electron chi connectivity index (χ0n) is 14.2.